The monoisotopic (exact) mass is 496 g/mol. The van der Waals surface area contributed by atoms with E-state index in [1.54, 1.807) is 11.8 Å². The Morgan fingerprint density at radius 2 is 2.00 bits per heavy atom. The number of rotatable bonds is 14. The van der Waals surface area contributed by atoms with Gasteiger partial charge >= 0.3 is 5.97 Å². The minimum Gasteiger partial charge on any atom is -0.480 e. The summed E-state index contributed by atoms with van der Waals surface area (Å²) < 4.78 is 0. The Morgan fingerprint density at radius 1 is 1.30 bits per heavy atom. The number of nitrogens with zero attached hydrogens (tertiary/aromatic N) is 1. The number of carboxylic acids is 1. The lowest BCUT2D eigenvalue weighted by molar-refractivity contribution is -0.143. The highest BCUT2D eigenvalue weighted by Crippen LogP contribution is 2.24. The molecule has 1 aliphatic rings. The highest BCUT2D eigenvalue weighted by molar-refractivity contribution is 7.98. The molecule has 0 bridgehead atoms. The Balaban J connectivity index is 2.21. The fraction of sp³-hybridized carbons (Fsp3) is 0.667. The van der Waals surface area contributed by atoms with Crippen LogP contribution in [0.3, 0.4) is 0 Å². The molecule has 1 aliphatic heterocycles. The minimum atomic E-state index is -0.986. The third kappa shape index (κ3) is 9.13. The Morgan fingerprint density at radius 3 is 2.61 bits per heavy atom. The van der Waals surface area contributed by atoms with Crippen LogP contribution in [-0.2, 0) is 22.6 Å². The number of hydrogen-bond donors (Lipinski definition) is 5. The molecule has 186 valence electrons. The Hall–Kier alpha value is -1.26. The van der Waals surface area contributed by atoms with Crippen molar-refractivity contribution in [2.24, 2.45) is 11.7 Å². The molecule has 9 heteroatoms. The summed E-state index contributed by atoms with van der Waals surface area (Å²) in [5.41, 5.74) is 8.44. The lowest BCUT2D eigenvalue weighted by atomic mass is 9.92. The van der Waals surface area contributed by atoms with E-state index in [0.29, 0.717) is 49.9 Å². The average molecular weight is 497 g/mol. The average Bonchev–Trinajstić information content (AvgIpc) is 2.78. The van der Waals surface area contributed by atoms with E-state index in [4.69, 9.17) is 5.73 Å². The zero-order valence-corrected chi connectivity index (χ0v) is 21.7. The third-order valence-corrected chi connectivity index (χ3v) is 7.10. The summed E-state index contributed by atoms with van der Waals surface area (Å²) in [6.07, 6.45) is 3.87. The summed E-state index contributed by atoms with van der Waals surface area (Å²) in [5.74, 6) is 0.576. The zero-order chi connectivity index (χ0) is 24.4. The van der Waals surface area contributed by atoms with Gasteiger partial charge in [-0.25, -0.2) is 4.79 Å². The lowest BCUT2D eigenvalue weighted by Crippen LogP contribution is -2.57. The molecule has 7 nitrogen and oxygen atoms in total. The van der Waals surface area contributed by atoms with Crippen LogP contribution in [0.4, 0.5) is 0 Å². The van der Waals surface area contributed by atoms with Crippen LogP contribution in [0.25, 0.3) is 0 Å². The summed E-state index contributed by atoms with van der Waals surface area (Å²) in [5, 5.41) is 16.0. The molecule has 1 aromatic rings. The molecule has 1 aromatic carbocycles. The zero-order valence-electron chi connectivity index (χ0n) is 20.0. The van der Waals surface area contributed by atoms with Crippen LogP contribution in [0.2, 0.25) is 0 Å². The molecule has 4 atom stereocenters. The fourth-order valence-electron chi connectivity index (χ4n) is 4.25. The van der Waals surface area contributed by atoms with Gasteiger partial charge in [-0.1, -0.05) is 38.1 Å². The van der Waals surface area contributed by atoms with Crippen LogP contribution >= 0.6 is 24.4 Å². The summed E-state index contributed by atoms with van der Waals surface area (Å²) >= 11 is 5.86. The van der Waals surface area contributed by atoms with Crippen LogP contribution in [0.5, 0.6) is 0 Å². The second kappa shape index (κ2) is 14.2. The number of hydrogen-bond acceptors (Lipinski definition) is 7. The molecule has 0 saturated carbocycles. The molecular formula is C24H40N4O3S2. The Labute approximate surface area is 208 Å². The molecule has 0 aliphatic carbocycles. The van der Waals surface area contributed by atoms with Gasteiger partial charge in [0, 0.05) is 37.5 Å². The van der Waals surface area contributed by atoms with Crippen molar-refractivity contribution in [2.75, 3.05) is 30.9 Å². The van der Waals surface area contributed by atoms with E-state index in [2.05, 4.69) is 54.1 Å². The molecule has 33 heavy (non-hydrogen) atoms. The van der Waals surface area contributed by atoms with Gasteiger partial charge in [0.05, 0.1) is 6.04 Å². The number of thioether (sulfide) groups is 1. The van der Waals surface area contributed by atoms with Crippen LogP contribution in [0, 0.1) is 5.92 Å². The number of nitrogens with two attached hydrogens (primary N) is 1. The molecule has 4 unspecified atom stereocenters. The van der Waals surface area contributed by atoms with Gasteiger partial charge in [-0.2, -0.15) is 24.4 Å². The van der Waals surface area contributed by atoms with Gasteiger partial charge in [0.25, 0.3) is 0 Å². The van der Waals surface area contributed by atoms with Gasteiger partial charge in [-0.15, -0.1) is 0 Å². The predicted octanol–water partition coefficient (Wildman–Crippen LogP) is 2.00. The van der Waals surface area contributed by atoms with E-state index in [0.717, 1.165) is 12.0 Å². The first-order chi connectivity index (χ1) is 15.7. The van der Waals surface area contributed by atoms with Gasteiger partial charge < -0.3 is 21.5 Å². The molecular weight excluding hydrogens is 456 g/mol. The Bertz CT molecular complexity index is 765. The molecule has 0 radical (unpaired) electrons. The van der Waals surface area contributed by atoms with Gasteiger partial charge in [-0.05, 0) is 48.3 Å². The number of carbonyl (C=O) groups excluding carboxylic acids is 1. The maximum absolute atomic E-state index is 13.3. The van der Waals surface area contributed by atoms with E-state index in [-0.39, 0.29) is 18.0 Å². The molecule has 5 N–H and O–H groups in total. The van der Waals surface area contributed by atoms with E-state index in [1.807, 2.05) is 18.4 Å². The maximum Gasteiger partial charge on any atom is 0.326 e. The minimum absolute atomic E-state index is 0.0306. The molecule has 2 rings (SSSR count). The normalized spacial score (nSPS) is 19.0. The van der Waals surface area contributed by atoms with Crippen LogP contribution < -0.4 is 16.4 Å². The first kappa shape index (κ1) is 28.0. The highest BCUT2D eigenvalue weighted by atomic mass is 32.2. The fourth-order valence-corrected chi connectivity index (χ4v) is 4.85. The number of fused-ring (bicyclic) bond motifs is 1. The molecule has 0 fully saturated rings. The maximum atomic E-state index is 13.3. The van der Waals surface area contributed by atoms with Crippen molar-refractivity contribution in [1.82, 2.24) is 15.5 Å². The molecule has 0 spiro atoms. The van der Waals surface area contributed by atoms with E-state index >= 15 is 0 Å². The van der Waals surface area contributed by atoms with Gasteiger partial charge in [0.2, 0.25) is 5.91 Å². The topological polar surface area (TPSA) is 108 Å². The first-order valence-electron chi connectivity index (χ1n) is 11.7. The van der Waals surface area contributed by atoms with Crippen molar-refractivity contribution < 1.29 is 14.7 Å². The van der Waals surface area contributed by atoms with Crippen molar-refractivity contribution in [1.29, 1.82) is 0 Å². The second-order valence-corrected chi connectivity index (χ2v) is 10.6. The molecule has 0 saturated heterocycles. The van der Waals surface area contributed by atoms with E-state index in [1.165, 1.54) is 5.56 Å². The number of thiol groups is 1. The highest BCUT2D eigenvalue weighted by Gasteiger charge is 2.34. The summed E-state index contributed by atoms with van der Waals surface area (Å²) in [4.78, 5) is 27.2. The smallest absolute Gasteiger partial charge is 0.326 e. The van der Waals surface area contributed by atoms with E-state index in [9.17, 15) is 14.7 Å². The van der Waals surface area contributed by atoms with Gasteiger partial charge in [0.1, 0.15) is 6.04 Å². The number of nitrogens with one attached hydrogen (secondary N) is 2. The van der Waals surface area contributed by atoms with Gasteiger partial charge in [0.15, 0.2) is 0 Å². The predicted molar refractivity (Wildman–Crippen MR) is 140 cm³/mol. The van der Waals surface area contributed by atoms with Crippen molar-refractivity contribution >= 4 is 36.3 Å². The molecule has 1 amide bonds. The number of carboxylic acid groups (broad SMARTS) is 1. The van der Waals surface area contributed by atoms with Crippen LogP contribution in [0.1, 0.15) is 37.8 Å². The second-order valence-electron chi connectivity index (χ2n) is 9.28. The van der Waals surface area contributed by atoms with Gasteiger partial charge in [-0.3, -0.25) is 9.69 Å². The summed E-state index contributed by atoms with van der Waals surface area (Å²) in [7, 11) is 0. The number of carbonyl (C=O) groups is 2. The molecule has 1 heterocycles. The van der Waals surface area contributed by atoms with Crippen molar-refractivity contribution in [3.05, 3.63) is 35.4 Å². The molecule has 0 aromatic heterocycles. The lowest BCUT2D eigenvalue weighted by Gasteiger charge is -2.39. The Kier molecular flexibility index (Phi) is 12.0. The van der Waals surface area contributed by atoms with Crippen LogP contribution in [0.15, 0.2) is 24.3 Å². The van der Waals surface area contributed by atoms with Crippen molar-refractivity contribution in [2.45, 2.75) is 63.8 Å². The summed E-state index contributed by atoms with van der Waals surface area (Å²) in [6, 6.07) is 7.04. The van der Waals surface area contributed by atoms with Crippen LogP contribution in [-0.4, -0.2) is 76.9 Å². The quantitative estimate of drug-likeness (QED) is 0.251. The summed E-state index contributed by atoms with van der Waals surface area (Å²) in [6.45, 7) is 6.38. The number of benzene rings is 1. The third-order valence-electron chi connectivity index (χ3n) is 5.99. The number of amides is 1. The first-order valence-corrected chi connectivity index (χ1v) is 13.7. The van der Waals surface area contributed by atoms with Crippen molar-refractivity contribution in [3.63, 3.8) is 0 Å². The number of aliphatic carboxylic acids is 1. The van der Waals surface area contributed by atoms with E-state index < -0.39 is 18.1 Å². The standard InChI is InChI=1S/C24H40N4O3S2/c1-16(2)10-20(26-12-19(25)15-32)14-28-13-18-7-5-4-6-17(18)11-22(28)23(29)27-21(24(30)31)8-9-33-3/h4-7,16,19-22,26,32H,8-15,25H2,1-3H3,(H,27,29)(H,30,31). The largest absolute Gasteiger partial charge is 0.480 e. The van der Waals surface area contributed by atoms with Crippen molar-refractivity contribution in [3.8, 4) is 0 Å². The SMILES string of the molecule is CSCCC(NC(=O)C1Cc2ccccc2CN1CC(CC(C)C)NCC(N)CS)C(=O)O.